The highest BCUT2D eigenvalue weighted by Crippen LogP contribution is 2.08. The van der Waals surface area contributed by atoms with Crippen LogP contribution in [0.3, 0.4) is 0 Å². The summed E-state index contributed by atoms with van der Waals surface area (Å²) in [5.74, 6) is -0.110. The minimum absolute atomic E-state index is 0.236. The maximum atomic E-state index is 10.4. The highest BCUT2D eigenvalue weighted by atomic mass is 16.4. The van der Waals surface area contributed by atoms with Crippen LogP contribution in [0.2, 0.25) is 0 Å². The maximum Gasteiger partial charge on any atom is 0.332 e. The highest BCUT2D eigenvalue weighted by Gasteiger charge is 2.01. The van der Waals surface area contributed by atoms with Crippen molar-refractivity contribution in [2.24, 2.45) is 5.92 Å². The van der Waals surface area contributed by atoms with Gasteiger partial charge in [0.1, 0.15) is 0 Å². The summed E-state index contributed by atoms with van der Waals surface area (Å²) in [4.78, 5) is 10.4. The summed E-state index contributed by atoms with van der Waals surface area (Å²) in [6.07, 6.45) is 6.23. The molecule has 0 spiro atoms. The number of carboxylic acid groups (broad SMARTS) is 1. The Bertz CT molecular complexity index is 212. The van der Waals surface area contributed by atoms with E-state index in [1.165, 1.54) is 25.7 Å². The fourth-order valence-electron chi connectivity index (χ4n) is 1.47. The second-order valence-corrected chi connectivity index (χ2v) is 4.68. The molecule has 0 rings (SSSR count). The molecule has 0 aliphatic heterocycles. The molecule has 94 valence electrons. The van der Waals surface area contributed by atoms with Gasteiger partial charge < -0.3 is 10.4 Å². The first-order chi connectivity index (χ1) is 7.54. The molecule has 16 heavy (non-hydrogen) atoms. The van der Waals surface area contributed by atoms with Gasteiger partial charge in [0, 0.05) is 12.1 Å². The Kier molecular flexibility index (Phi) is 8.91. The molecule has 0 heterocycles. The number of unbranched alkanes of at least 4 members (excludes halogenated alkanes) is 3. The SMILES string of the molecule is C=C(CNCCCCCCC(C)C)C(=O)O. The third-order valence-electron chi connectivity index (χ3n) is 2.53. The Morgan fingerprint density at radius 2 is 1.88 bits per heavy atom. The van der Waals surface area contributed by atoms with Crippen molar-refractivity contribution in [3.05, 3.63) is 12.2 Å². The van der Waals surface area contributed by atoms with Crippen LogP contribution in [0.15, 0.2) is 12.2 Å². The van der Waals surface area contributed by atoms with Gasteiger partial charge in [0.05, 0.1) is 0 Å². The third-order valence-corrected chi connectivity index (χ3v) is 2.53. The van der Waals surface area contributed by atoms with Crippen molar-refractivity contribution in [3.8, 4) is 0 Å². The first-order valence-corrected chi connectivity index (χ1v) is 6.15. The number of rotatable bonds is 10. The second-order valence-electron chi connectivity index (χ2n) is 4.68. The van der Waals surface area contributed by atoms with Crippen molar-refractivity contribution >= 4 is 5.97 Å². The quantitative estimate of drug-likeness (QED) is 0.445. The average molecular weight is 227 g/mol. The largest absolute Gasteiger partial charge is 0.478 e. The molecule has 0 fully saturated rings. The van der Waals surface area contributed by atoms with E-state index < -0.39 is 5.97 Å². The zero-order valence-corrected chi connectivity index (χ0v) is 10.6. The van der Waals surface area contributed by atoms with E-state index in [1.54, 1.807) is 0 Å². The van der Waals surface area contributed by atoms with Crippen LogP contribution >= 0.6 is 0 Å². The van der Waals surface area contributed by atoms with Crippen LogP contribution in [-0.4, -0.2) is 24.2 Å². The Hall–Kier alpha value is -0.830. The minimum atomic E-state index is -0.913. The number of hydrogen-bond donors (Lipinski definition) is 2. The van der Waals surface area contributed by atoms with E-state index in [4.69, 9.17) is 5.11 Å². The van der Waals surface area contributed by atoms with Gasteiger partial charge in [0.15, 0.2) is 0 Å². The molecule has 0 amide bonds. The molecule has 0 aliphatic rings. The molecule has 0 saturated carbocycles. The summed E-state index contributed by atoms with van der Waals surface area (Å²) in [5, 5.41) is 11.7. The van der Waals surface area contributed by atoms with Crippen molar-refractivity contribution in [2.45, 2.75) is 46.0 Å². The lowest BCUT2D eigenvalue weighted by atomic mass is 10.0. The Labute approximate surface area is 98.9 Å². The molecular weight excluding hydrogens is 202 g/mol. The molecule has 0 aliphatic carbocycles. The summed E-state index contributed by atoms with van der Waals surface area (Å²) in [5.41, 5.74) is 0.236. The first-order valence-electron chi connectivity index (χ1n) is 6.15. The van der Waals surface area contributed by atoms with Gasteiger partial charge in [-0.15, -0.1) is 0 Å². The van der Waals surface area contributed by atoms with Crippen LogP contribution in [0.1, 0.15) is 46.0 Å². The van der Waals surface area contributed by atoms with Gasteiger partial charge in [-0.05, 0) is 18.9 Å². The van der Waals surface area contributed by atoms with Crippen LogP contribution in [0.4, 0.5) is 0 Å². The van der Waals surface area contributed by atoms with E-state index in [1.807, 2.05) is 0 Å². The van der Waals surface area contributed by atoms with E-state index in [0.29, 0.717) is 6.54 Å². The van der Waals surface area contributed by atoms with E-state index in [0.717, 1.165) is 18.9 Å². The molecule has 0 radical (unpaired) electrons. The molecule has 0 aromatic rings. The molecule has 0 aromatic carbocycles. The number of hydrogen-bond acceptors (Lipinski definition) is 2. The lowest BCUT2D eigenvalue weighted by Gasteiger charge is -2.05. The van der Waals surface area contributed by atoms with Crippen molar-refractivity contribution in [1.29, 1.82) is 0 Å². The monoisotopic (exact) mass is 227 g/mol. The van der Waals surface area contributed by atoms with Gasteiger partial charge in [0.25, 0.3) is 0 Å². The van der Waals surface area contributed by atoms with E-state index in [-0.39, 0.29) is 5.57 Å². The number of nitrogens with one attached hydrogen (secondary N) is 1. The summed E-state index contributed by atoms with van der Waals surface area (Å²) >= 11 is 0. The second kappa shape index (κ2) is 9.40. The number of aliphatic carboxylic acids is 1. The zero-order chi connectivity index (χ0) is 12.4. The van der Waals surface area contributed by atoms with Gasteiger partial charge in [0.2, 0.25) is 0 Å². The summed E-state index contributed by atoms with van der Waals surface area (Å²) in [7, 11) is 0. The lowest BCUT2D eigenvalue weighted by Crippen LogP contribution is -2.21. The Morgan fingerprint density at radius 1 is 1.25 bits per heavy atom. The highest BCUT2D eigenvalue weighted by molar-refractivity contribution is 5.86. The van der Waals surface area contributed by atoms with Gasteiger partial charge in [-0.25, -0.2) is 4.79 Å². The molecule has 0 unspecified atom stereocenters. The van der Waals surface area contributed by atoms with Crippen molar-refractivity contribution in [1.82, 2.24) is 5.32 Å². The molecule has 0 saturated heterocycles. The predicted molar refractivity (Wildman–Crippen MR) is 67.6 cm³/mol. The summed E-state index contributed by atoms with van der Waals surface area (Å²) in [6, 6.07) is 0. The fraction of sp³-hybridized carbons (Fsp3) is 0.769. The van der Waals surface area contributed by atoms with Gasteiger partial charge in [-0.2, -0.15) is 0 Å². The van der Waals surface area contributed by atoms with E-state index in [9.17, 15) is 4.79 Å². The molecule has 0 atom stereocenters. The normalized spacial score (nSPS) is 10.7. The van der Waals surface area contributed by atoms with Gasteiger partial charge in [-0.3, -0.25) is 0 Å². The third kappa shape index (κ3) is 9.71. The fourth-order valence-corrected chi connectivity index (χ4v) is 1.47. The smallest absolute Gasteiger partial charge is 0.332 e. The standard InChI is InChI=1S/C13H25NO2/c1-11(2)8-6-4-5-7-9-14-10-12(3)13(15)16/h11,14H,3-10H2,1-2H3,(H,15,16). The van der Waals surface area contributed by atoms with Gasteiger partial charge >= 0.3 is 5.97 Å². The van der Waals surface area contributed by atoms with Crippen molar-refractivity contribution in [2.75, 3.05) is 13.1 Å². The van der Waals surface area contributed by atoms with Crippen molar-refractivity contribution < 1.29 is 9.90 Å². The van der Waals surface area contributed by atoms with E-state index in [2.05, 4.69) is 25.7 Å². The topological polar surface area (TPSA) is 49.3 Å². The summed E-state index contributed by atoms with van der Waals surface area (Å²) in [6.45, 7) is 9.23. The number of carbonyl (C=O) groups is 1. The van der Waals surface area contributed by atoms with Crippen LogP contribution < -0.4 is 5.32 Å². The van der Waals surface area contributed by atoms with E-state index >= 15 is 0 Å². The van der Waals surface area contributed by atoms with Crippen LogP contribution in [0.5, 0.6) is 0 Å². The molecule has 0 aromatic heterocycles. The zero-order valence-electron chi connectivity index (χ0n) is 10.6. The molecule has 0 bridgehead atoms. The molecule has 3 nitrogen and oxygen atoms in total. The molecular formula is C13H25NO2. The number of carboxylic acids is 1. The maximum absolute atomic E-state index is 10.4. The Morgan fingerprint density at radius 3 is 2.44 bits per heavy atom. The average Bonchev–Trinajstić information content (AvgIpc) is 2.21. The molecule has 2 N–H and O–H groups in total. The predicted octanol–water partition coefficient (Wildman–Crippen LogP) is 2.82. The molecule has 3 heteroatoms. The van der Waals surface area contributed by atoms with Crippen LogP contribution in [0, 0.1) is 5.92 Å². The van der Waals surface area contributed by atoms with Crippen LogP contribution in [0.25, 0.3) is 0 Å². The minimum Gasteiger partial charge on any atom is -0.478 e. The summed E-state index contributed by atoms with van der Waals surface area (Å²) < 4.78 is 0. The Balaban J connectivity index is 3.16. The van der Waals surface area contributed by atoms with Crippen LogP contribution in [-0.2, 0) is 4.79 Å². The first kappa shape index (κ1) is 15.2. The lowest BCUT2D eigenvalue weighted by molar-refractivity contribution is -0.132. The van der Waals surface area contributed by atoms with Gasteiger partial charge in [-0.1, -0.05) is 46.1 Å². The van der Waals surface area contributed by atoms with Crippen molar-refractivity contribution in [3.63, 3.8) is 0 Å².